The minimum Gasteiger partial charge on any atom is -0.385 e. The second-order valence-electron chi connectivity index (χ2n) is 4.75. The topological polar surface area (TPSA) is 59.2 Å². The van der Waals surface area contributed by atoms with Crippen LogP contribution in [-0.2, 0) is 6.42 Å². The van der Waals surface area contributed by atoms with Crippen molar-refractivity contribution < 1.29 is 9.63 Å². The molecule has 1 aliphatic rings. The molecule has 3 rings (SSSR count). The predicted molar refractivity (Wildman–Crippen MR) is 66.2 cm³/mol. The van der Waals surface area contributed by atoms with Crippen LogP contribution >= 0.6 is 0 Å². The summed E-state index contributed by atoms with van der Waals surface area (Å²) >= 11 is 0. The Labute approximate surface area is 106 Å². The second-order valence-corrected chi connectivity index (χ2v) is 4.75. The summed E-state index contributed by atoms with van der Waals surface area (Å²) in [5.41, 5.74) is 2.61. The molecule has 18 heavy (non-hydrogen) atoms. The fourth-order valence-electron chi connectivity index (χ4n) is 2.41. The lowest BCUT2D eigenvalue weighted by Gasteiger charge is -2.26. The molecule has 0 aliphatic heterocycles. The molecule has 4 nitrogen and oxygen atoms in total. The molecule has 0 saturated heterocycles. The molecule has 2 atom stereocenters. The van der Waals surface area contributed by atoms with E-state index in [-0.39, 0.29) is 5.92 Å². The molecule has 0 bridgehead atoms. The van der Waals surface area contributed by atoms with Crippen molar-refractivity contribution in [3.05, 3.63) is 47.1 Å². The van der Waals surface area contributed by atoms with Crippen LogP contribution in [0.4, 0.5) is 0 Å². The first-order valence-electron chi connectivity index (χ1n) is 6.39. The molecule has 0 spiro atoms. The Balaban J connectivity index is 1.80. The van der Waals surface area contributed by atoms with Gasteiger partial charge in [-0.1, -0.05) is 42.8 Å². The van der Waals surface area contributed by atoms with Gasteiger partial charge in [-0.25, -0.2) is 0 Å². The summed E-state index contributed by atoms with van der Waals surface area (Å²) in [4.78, 5) is 4.32. The highest BCUT2D eigenvalue weighted by atomic mass is 16.5. The number of aliphatic hydroxyl groups is 1. The van der Waals surface area contributed by atoms with Gasteiger partial charge in [-0.3, -0.25) is 0 Å². The monoisotopic (exact) mass is 244 g/mol. The molecule has 1 aromatic carbocycles. The standard InChI is InChI=1S/C14H16N2O2/c1-2-5-12(17)13-15-14(18-16-13)11-8-9-6-3-4-7-10(9)11/h3-4,6-7,11-12,17H,2,5,8H2,1H3. The molecular weight excluding hydrogens is 228 g/mol. The van der Waals surface area contributed by atoms with Crippen molar-refractivity contribution in [3.8, 4) is 0 Å². The average Bonchev–Trinajstić information content (AvgIpc) is 2.80. The zero-order chi connectivity index (χ0) is 12.5. The van der Waals surface area contributed by atoms with Crippen molar-refractivity contribution in [1.29, 1.82) is 0 Å². The number of benzene rings is 1. The van der Waals surface area contributed by atoms with Gasteiger partial charge in [0.2, 0.25) is 5.89 Å². The Morgan fingerprint density at radius 1 is 1.44 bits per heavy atom. The normalized spacial score (nSPS) is 19.1. The van der Waals surface area contributed by atoms with Crippen molar-refractivity contribution >= 4 is 0 Å². The molecular formula is C14H16N2O2. The van der Waals surface area contributed by atoms with Gasteiger partial charge in [-0.15, -0.1) is 0 Å². The molecule has 0 fully saturated rings. The molecule has 1 aliphatic carbocycles. The van der Waals surface area contributed by atoms with Crippen LogP contribution in [-0.4, -0.2) is 15.2 Å². The summed E-state index contributed by atoms with van der Waals surface area (Å²) in [6.07, 6.45) is 1.90. The molecule has 2 unspecified atom stereocenters. The number of aliphatic hydroxyl groups excluding tert-OH is 1. The molecule has 94 valence electrons. The summed E-state index contributed by atoms with van der Waals surface area (Å²) in [5.74, 6) is 1.24. The smallest absolute Gasteiger partial charge is 0.234 e. The van der Waals surface area contributed by atoms with Gasteiger partial charge in [0.05, 0.1) is 5.92 Å². The second kappa shape index (κ2) is 4.53. The minimum atomic E-state index is -0.608. The third-order valence-corrected chi connectivity index (χ3v) is 3.47. The Kier molecular flexibility index (Phi) is 2.88. The number of nitrogens with zero attached hydrogens (tertiary/aromatic N) is 2. The van der Waals surface area contributed by atoms with E-state index in [1.807, 2.05) is 19.1 Å². The molecule has 1 aromatic heterocycles. The third-order valence-electron chi connectivity index (χ3n) is 3.47. The van der Waals surface area contributed by atoms with Crippen LogP contribution in [0, 0.1) is 0 Å². The highest BCUT2D eigenvalue weighted by molar-refractivity contribution is 5.43. The lowest BCUT2D eigenvalue weighted by molar-refractivity contribution is 0.152. The quantitative estimate of drug-likeness (QED) is 0.898. The zero-order valence-corrected chi connectivity index (χ0v) is 10.3. The fraction of sp³-hybridized carbons (Fsp3) is 0.429. The highest BCUT2D eigenvalue weighted by Crippen LogP contribution is 2.39. The lowest BCUT2D eigenvalue weighted by atomic mass is 9.77. The zero-order valence-electron chi connectivity index (χ0n) is 10.3. The van der Waals surface area contributed by atoms with Crippen molar-refractivity contribution in [1.82, 2.24) is 10.1 Å². The lowest BCUT2D eigenvalue weighted by Crippen LogP contribution is -2.18. The molecule has 1 N–H and O–H groups in total. The Hall–Kier alpha value is -1.68. The molecule has 0 radical (unpaired) electrons. The van der Waals surface area contributed by atoms with Gasteiger partial charge in [0.1, 0.15) is 6.10 Å². The molecule has 0 saturated carbocycles. The summed E-state index contributed by atoms with van der Waals surface area (Å²) in [7, 11) is 0. The van der Waals surface area contributed by atoms with Gasteiger partial charge in [0.15, 0.2) is 5.82 Å². The number of hydrogen-bond donors (Lipinski definition) is 1. The predicted octanol–water partition coefficient (Wildman–Crippen LogP) is 2.59. The van der Waals surface area contributed by atoms with Crippen molar-refractivity contribution in [2.24, 2.45) is 0 Å². The summed E-state index contributed by atoms with van der Waals surface area (Å²) < 4.78 is 5.27. The van der Waals surface area contributed by atoms with Crippen LogP contribution in [0.5, 0.6) is 0 Å². The summed E-state index contributed by atoms with van der Waals surface area (Å²) in [6, 6.07) is 8.28. The van der Waals surface area contributed by atoms with Crippen LogP contribution in [0.15, 0.2) is 28.8 Å². The highest BCUT2D eigenvalue weighted by Gasteiger charge is 2.32. The first-order chi connectivity index (χ1) is 8.79. The molecule has 1 heterocycles. The number of fused-ring (bicyclic) bond motifs is 1. The van der Waals surface area contributed by atoms with Crippen molar-refractivity contribution in [3.63, 3.8) is 0 Å². The van der Waals surface area contributed by atoms with Crippen molar-refractivity contribution in [2.75, 3.05) is 0 Å². The number of aromatic nitrogens is 2. The molecule has 4 heteroatoms. The maximum absolute atomic E-state index is 9.82. The van der Waals surface area contributed by atoms with E-state index < -0.39 is 6.10 Å². The van der Waals surface area contributed by atoms with E-state index in [2.05, 4.69) is 22.3 Å². The fourth-order valence-corrected chi connectivity index (χ4v) is 2.41. The molecule has 0 amide bonds. The van der Waals surface area contributed by atoms with Gasteiger partial charge in [-0.05, 0) is 24.0 Å². The minimum absolute atomic E-state index is 0.205. The van der Waals surface area contributed by atoms with Crippen LogP contribution in [0.25, 0.3) is 0 Å². The summed E-state index contributed by atoms with van der Waals surface area (Å²) in [6.45, 7) is 2.02. The number of rotatable bonds is 4. The van der Waals surface area contributed by atoms with Gasteiger partial charge in [0, 0.05) is 0 Å². The van der Waals surface area contributed by atoms with Crippen LogP contribution in [0.3, 0.4) is 0 Å². The van der Waals surface area contributed by atoms with Crippen molar-refractivity contribution in [2.45, 2.75) is 38.2 Å². The van der Waals surface area contributed by atoms with Crippen LogP contribution in [0.1, 0.15) is 54.6 Å². The van der Waals surface area contributed by atoms with E-state index >= 15 is 0 Å². The Bertz CT molecular complexity index is 550. The van der Waals surface area contributed by atoms with Crippen LogP contribution in [0.2, 0.25) is 0 Å². The first-order valence-corrected chi connectivity index (χ1v) is 6.39. The summed E-state index contributed by atoms with van der Waals surface area (Å²) in [5, 5.41) is 13.7. The Morgan fingerprint density at radius 2 is 2.28 bits per heavy atom. The van der Waals surface area contributed by atoms with E-state index in [9.17, 15) is 5.11 Å². The van der Waals surface area contributed by atoms with E-state index in [0.717, 1.165) is 12.8 Å². The van der Waals surface area contributed by atoms with E-state index in [4.69, 9.17) is 4.52 Å². The molecule has 2 aromatic rings. The average molecular weight is 244 g/mol. The Morgan fingerprint density at radius 3 is 3.06 bits per heavy atom. The van der Waals surface area contributed by atoms with E-state index in [1.54, 1.807) is 0 Å². The first kappa shape index (κ1) is 11.4. The van der Waals surface area contributed by atoms with E-state index in [1.165, 1.54) is 11.1 Å². The third kappa shape index (κ3) is 1.82. The SMILES string of the molecule is CCCC(O)c1noc(C2Cc3ccccc32)n1. The van der Waals surface area contributed by atoms with E-state index in [0.29, 0.717) is 18.1 Å². The maximum Gasteiger partial charge on any atom is 0.234 e. The largest absolute Gasteiger partial charge is 0.385 e. The van der Waals surface area contributed by atoms with Crippen LogP contribution < -0.4 is 0 Å². The number of hydrogen-bond acceptors (Lipinski definition) is 4. The van der Waals surface area contributed by atoms with Gasteiger partial charge in [0.25, 0.3) is 0 Å². The van der Waals surface area contributed by atoms with Gasteiger partial charge in [-0.2, -0.15) is 4.98 Å². The van der Waals surface area contributed by atoms with Gasteiger partial charge >= 0.3 is 0 Å². The maximum atomic E-state index is 9.82. The van der Waals surface area contributed by atoms with Gasteiger partial charge < -0.3 is 9.63 Å².